The van der Waals surface area contributed by atoms with Crippen LogP contribution in [0.5, 0.6) is 5.75 Å². The molecule has 2 N–H and O–H groups in total. The van der Waals surface area contributed by atoms with Gasteiger partial charge in [-0.25, -0.2) is 4.39 Å². The van der Waals surface area contributed by atoms with Crippen LogP contribution in [-0.4, -0.2) is 7.11 Å². The number of halogens is 1. The number of hydrogen-bond acceptors (Lipinski definition) is 2. The van der Waals surface area contributed by atoms with E-state index in [1.165, 1.54) is 6.07 Å². The fourth-order valence-electron chi connectivity index (χ4n) is 2.39. The van der Waals surface area contributed by atoms with Crippen molar-refractivity contribution in [1.82, 2.24) is 0 Å². The second-order valence-corrected chi connectivity index (χ2v) is 5.61. The zero-order chi connectivity index (χ0) is 14.8. The highest BCUT2D eigenvalue weighted by Crippen LogP contribution is 2.32. The van der Waals surface area contributed by atoms with Gasteiger partial charge in [0.1, 0.15) is 11.6 Å². The molecule has 0 aliphatic heterocycles. The predicted molar refractivity (Wildman–Crippen MR) is 80.5 cm³/mol. The molecular formula is C17H20FNO. The molecule has 2 aromatic rings. The summed E-state index contributed by atoms with van der Waals surface area (Å²) >= 11 is 0. The first kappa shape index (κ1) is 14.4. The zero-order valence-electron chi connectivity index (χ0n) is 12.1. The molecule has 0 spiro atoms. The van der Waals surface area contributed by atoms with Crippen LogP contribution in [0.25, 0.3) is 0 Å². The van der Waals surface area contributed by atoms with Crippen LogP contribution in [0, 0.1) is 5.82 Å². The van der Waals surface area contributed by atoms with Gasteiger partial charge in [-0.05, 0) is 41.2 Å². The highest BCUT2D eigenvalue weighted by atomic mass is 19.1. The molecular weight excluding hydrogens is 253 g/mol. The lowest BCUT2D eigenvalue weighted by Gasteiger charge is -2.26. The number of anilines is 1. The topological polar surface area (TPSA) is 35.2 Å². The molecule has 0 radical (unpaired) electrons. The van der Waals surface area contributed by atoms with Crippen LogP contribution in [0.3, 0.4) is 0 Å². The summed E-state index contributed by atoms with van der Waals surface area (Å²) in [6.07, 6.45) is 0.794. The van der Waals surface area contributed by atoms with Crippen LogP contribution in [-0.2, 0) is 11.8 Å². The van der Waals surface area contributed by atoms with E-state index in [-0.39, 0.29) is 16.9 Å². The van der Waals surface area contributed by atoms with Gasteiger partial charge < -0.3 is 10.5 Å². The van der Waals surface area contributed by atoms with E-state index in [4.69, 9.17) is 10.5 Å². The van der Waals surface area contributed by atoms with Crippen LogP contribution >= 0.6 is 0 Å². The molecule has 2 aromatic carbocycles. The number of benzene rings is 2. The van der Waals surface area contributed by atoms with Gasteiger partial charge in [-0.3, -0.25) is 0 Å². The van der Waals surface area contributed by atoms with Gasteiger partial charge in [0.25, 0.3) is 0 Å². The lowest BCUT2D eigenvalue weighted by molar-refractivity contribution is 0.402. The van der Waals surface area contributed by atoms with Crippen molar-refractivity contribution in [1.29, 1.82) is 0 Å². The Kier molecular flexibility index (Phi) is 3.98. The maximum Gasteiger partial charge on any atom is 0.146 e. The smallest absolute Gasteiger partial charge is 0.146 e. The molecule has 20 heavy (non-hydrogen) atoms. The van der Waals surface area contributed by atoms with E-state index in [0.717, 1.165) is 23.3 Å². The summed E-state index contributed by atoms with van der Waals surface area (Å²) in [5.41, 5.74) is 7.84. The van der Waals surface area contributed by atoms with Crippen molar-refractivity contribution < 1.29 is 9.13 Å². The Labute approximate surface area is 119 Å². The van der Waals surface area contributed by atoms with E-state index in [0.29, 0.717) is 0 Å². The standard InChI is InChI=1S/C17H20FNO/c1-17(2,13-8-9-14(18)15(19)10-13)11-12-6-4-5-7-16(12)20-3/h4-10H,11,19H2,1-3H3. The molecule has 0 unspecified atom stereocenters. The van der Waals surface area contributed by atoms with Gasteiger partial charge in [0.15, 0.2) is 0 Å². The van der Waals surface area contributed by atoms with Gasteiger partial charge in [-0.2, -0.15) is 0 Å². The largest absolute Gasteiger partial charge is 0.496 e. The first-order valence-electron chi connectivity index (χ1n) is 6.61. The van der Waals surface area contributed by atoms with Gasteiger partial charge in [-0.1, -0.05) is 38.1 Å². The first-order valence-corrected chi connectivity index (χ1v) is 6.61. The number of nitrogens with two attached hydrogens (primary N) is 1. The SMILES string of the molecule is COc1ccccc1CC(C)(C)c1ccc(F)c(N)c1. The van der Waals surface area contributed by atoms with E-state index in [9.17, 15) is 4.39 Å². The average molecular weight is 273 g/mol. The second kappa shape index (κ2) is 5.53. The van der Waals surface area contributed by atoms with Gasteiger partial charge in [0.05, 0.1) is 12.8 Å². The third-order valence-electron chi connectivity index (χ3n) is 3.60. The summed E-state index contributed by atoms with van der Waals surface area (Å²) in [5.74, 6) is 0.498. The van der Waals surface area contributed by atoms with Crippen molar-refractivity contribution in [2.24, 2.45) is 0 Å². The third kappa shape index (κ3) is 2.93. The minimum Gasteiger partial charge on any atom is -0.496 e. The molecule has 0 aliphatic rings. The van der Waals surface area contributed by atoms with Crippen LogP contribution in [0.1, 0.15) is 25.0 Å². The Morgan fingerprint density at radius 1 is 1.15 bits per heavy atom. The van der Waals surface area contributed by atoms with Crippen LogP contribution in [0.2, 0.25) is 0 Å². The molecule has 2 nitrogen and oxygen atoms in total. The Morgan fingerprint density at radius 3 is 2.50 bits per heavy atom. The normalized spacial score (nSPS) is 11.4. The molecule has 0 saturated heterocycles. The van der Waals surface area contributed by atoms with E-state index >= 15 is 0 Å². The Hall–Kier alpha value is -2.03. The number of hydrogen-bond donors (Lipinski definition) is 1. The number of para-hydroxylation sites is 1. The van der Waals surface area contributed by atoms with Crippen LogP contribution in [0.15, 0.2) is 42.5 Å². The molecule has 0 aromatic heterocycles. The van der Waals surface area contributed by atoms with E-state index in [1.807, 2.05) is 24.3 Å². The maximum atomic E-state index is 13.3. The summed E-state index contributed by atoms with van der Waals surface area (Å²) < 4.78 is 18.7. The molecule has 0 bridgehead atoms. The number of methoxy groups -OCH3 is 1. The molecule has 0 aliphatic carbocycles. The molecule has 0 saturated carbocycles. The lowest BCUT2D eigenvalue weighted by atomic mass is 9.79. The highest BCUT2D eigenvalue weighted by Gasteiger charge is 2.23. The lowest BCUT2D eigenvalue weighted by Crippen LogP contribution is -2.21. The summed E-state index contributed by atoms with van der Waals surface area (Å²) in [4.78, 5) is 0. The van der Waals surface area contributed by atoms with Gasteiger partial charge in [0.2, 0.25) is 0 Å². The minimum atomic E-state index is -0.373. The van der Waals surface area contributed by atoms with Crippen LogP contribution < -0.4 is 10.5 Å². The quantitative estimate of drug-likeness (QED) is 0.856. The van der Waals surface area contributed by atoms with Crippen molar-refractivity contribution in [3.8, 4) is 5.75 Å². The number of rotatable bonds is 4. The predicted octanol–water partition coefficient (Wildman–Crippen LogP) is 3.94. The Balaban J connectivity index is 2.32. The Bertz CT molecular complexity index is 608. The molecule has 0 heterocycles. The maximum absolute atomic E-state index is 13.3. The van der Waals surface area contributed by atoms with Crippen molar-refractivity contribution in [3.63, 3.8) is 0 Å². The highest BCUT2D eigenvalue weighted by molar-refractivity contribution is 5.46. The van der Waals surface area contributed by atoms with Gasteiger partial charge in [-0.15, -0.1) is 0 Å². The van der Waals surface area contributed by atoms with Gasteiger partial charge >= 0.3 is 0 Å². The van der Waals surface area contributed by atoms with E-state index in [1.54, 1.807) is 19.2 Å². The third-order valence-corrected chi connectivity index (χ3v) is 3.60. The van der Waals surface area contributed by atoms with Gasteiger partial charge in [0, 0.05) is 0 Å². The molecule has 3 heteroatoms. The van der Waals surface area contributed by atoms with E-state index < -0.39 is 0 Å². The Morgan fingerprint density at radius 2 is 1.85 bits per heavy atom. The molecule has 0 atom stereocenters. The minimum absolute atomic E-state index is 0.156. The second-order valence-electron chi connectivity index (χ2n) is 5.61. The fourth-order valence-corrected chi connectivity index (χ4v) is 2.39. The summed E-state index contributed by atoms with van der Waals surface area (Å²) in [7, 11) is 1.67. The van der Waals surface area contributed by atoms with E-state index in [2.05, 4.69) is 13.8 Å². The summed E-state index contributed by atoms with van der Waals surface area (Å²) in [5, 5.41) is 0. The monoisotopic (exact) mass is 273 g/mol. The van der Waals surface area contributed by atoms with Crippen molar-refractivity contribution in [2.45, 2.75) is 25.7 Å². The van der Waals surface area contributed by atoms with Crippen molar-refractivity contribution in [3.05, 3.63) is 59.4 Å². The van der Waals surface area contributed by atoms with Crippen LogP contribution in [0.4, 0.5) is 10.1 Å². The summed E-state index contributed by atoms with van der Waals surface area (Å²) in [6.45, 7) is 4.23. The number of ether oxygens (including phenoxy) is 1. The molecule has 0 fully saturated rings. The zero-order valence-corrected chi connectivity index (χ0v) is 12.1. The van der Waals surface area contributed by atoms with Crippen molar-refractivity contribution >= 4 is 5.69 Å². The molecule has 2 rings (SSSR count). The summed E-state index contributed by atoms with van der Waals surface area (Å²) in [6, 6.07) is 12.9. The molecule has 0 amide bonds. The fraction of sp³-hybridized carbons (Fsp3) is 0.294. The van der Waals surface area contributed by atoms with Crippen molar-refractivity contribution in [2.75, 3.05) is 12.8 Å². The number of nitrogen functional groups attached to an aromatic ring is 1. The molecule has 106 valence electrons. The average Bonchev–Trinajstić information content (AvgIpc) is 2.42. The first-order chi connectivity index (χ1) is 9.44.